The predicted octanol–water partition coefficient (Wildman–Crippen LogP) is 2.90. The zero-order valence-electron chi connectivity index (χ0n) is 23.3. The Balaban J connectivity index is 1.50. The molecule has 1 fully saturated rings. The van der Waals surface area contributed by atoms with E-state index in [1.54, 1.807) is 30.6 Å². The van der Waals surface area contributed by atoms with Gasteiger partial charge in [-0.05, 0) is 23.6 Å². The summed E-state index contributed by atoms with van der Waals surface area (Å²) in [4.78, 5) is 60.8. The van der Waals surface area contributed by atoms with Crippen LogP contribution in [-0.4, -0.2) is 79.8 Å². The maximum absolute atomic E-state index is 13.4. The third kappa shape index (κ3) is 7.70. The van der Waals surface area contributed by atoms with Crippen molar-refractivity contribution in [1.82, 2.24) is 20.2 Å². The molecule has 2 amide bonds. The summed E-state index contributed by atoms with van der Waals surface area (Å²) in [5.74, 6) is -2.07. The van der Waals surface area contributed by atoms with Crippen LogP contribution in [0.1, 0.15) is 44.4 Å². The van der Waals surface area contributed by atoms with Gasteiger partial charge in [0.1, 0.15) is 22.8 Å². The lowest BCUT2D eigenvalue weighted by Gasteiger charge is -2.49. The third-order valence-corrected chi connectivity index (χ3v) is 8.20. The van der Waals surface area contributed by atoms with E-state index < -0.39 is 47.4 Å². The van der Waals surface area contributed by atoms with E-state index in [9.17, 15) is 24.4 Å². The number of nitrogens with two attached hydrogens (primary N) is 1. The lowest BCUT2D eigenvalue weighted by molar-refractivity contribution is -0.169. The van der Waals surface area contributed by atoms with E-state index in [2.05, 4.69) is 20.4 Å². The molecule has 0 spiro atoms. The SMILES string of the molecule is CCCCCOC(=O)OC(C)OC(=O)C1=C(/C=C\c2cccnc2)CS[C@@H]2[C@H](NC(=O)C(=NO)c3csc(N)n3)C(=O)N12. The van der Waals surface area contributed by atoms with Gasteiger partial charge in [-0.25, -0.2) is 14.6 Å². The molecule has 0 aromatic carbocycles. The lowest BCUT2D eigenvalue weighted by Crippen LogP contribution is -2.71. The predicted molar refractivity (Wildman–Crippen MR) is 158 cm³/mol. The maximum atomic E-state index is 13.4. The average Bonchev–Trinajstić information content (AvgIpc) is 3.42. The molecule has 0 saturated carbocycles. The largest absolute Gasteiger partial charge is 0.511 e. The molecule has 4 heterocycles. The summed E-state index contributed by atoms with van der Waals surface area (Å²) in [6.45, 7) is 3.55. The second-order valence-electron chi connectivity index (χ2n) is 9.27. The van der Waals surface area contributed by atoms with Crippen LogP contribution in [0.5, 0.6) is 0 Å². The lowest BCUT2D eigenvalue weighted by atomic mass is 10.0. The van der Waals surface area contributed by atoms with Gasteiger partial charge in [-0.3, -0.25) is 19.5 Å². The van der Waals surface area contributed by atoms with Crippen molar-refractivity contribution in [2.24, 2.45) is 5.16 Å². The number of pyridine rings is 1. The van der Waals surface area contributed by atoms with Crippen LogP contribution in [0.25, 0.3) is 6.08 Å². The van der Waals surface area contributed by atoms with Crippen LogP contribution in [0, 0.1) is 0 Å². The first-order valence-corrected chi connectivity index (χ1v) is 15.2. The number of amides is 2. The van der Waals surface area contributed by atoms with E-state index in [1.165, 1.54) is 29.0 Å². The van der Waals surface area contributed by atoms with E-state index in [1.807, 2.05) is 13.0 Å². The summed E-state index contributed by atoms with van der Waals surface area (Å²) >= 11 is 2.36. The molecular formula is C27H30N6O8S2. The number of rotatable bonds is 12. The average molecular weight is 631 g/mol. The molecule has 2 aromatic rings. The van der Waals surface area contributed by atoms with E-state index >= 15 is 0 Å². The first-order chi connectivity index (χ1) is 20.7. The number of carbonyl (C=O) groups excluding carboxylic acids is 4. The molecule has 3 atom stereocenters. The van der Waals surface area contributed by atoms with Crippen molar-refractivity contribution in [3.8, 4) is 0 Å². The number of allylic oxidation sites excluding steroid dienone is 1. The number of nitrogen functional groups attached to an aromatic ring is 1. The fraction of sp³-hybridized carbons (Fsp3) is 0.370. The molecule has 1 saturated heterocycles. The highest BCUT2D eigenvalue weighted by atomic mass is 32.2. The van der Waals surface area contributed by atoms with Gasteiger partial charge in [-0.2, -0.15) is 0 Å². The highest BCUT2D eigenvalue weighted by Gasteiger charge is 2.54. The highest BCUT2D eigenvalue weighted by molar-refractivity contribution is 8.00. The molecule has 4 rings (SSSR count). The van der Waals surface area contributed by atoms with Crippen LogP contribution in [0.15, 0.2) is 52.4 Å². The molecule has 2 aromatic heterocycles. The second-order valence-corrected chi connectivity index (χ2v) is 11.3. The number of β-lactam (4-membered cyclic amide) rings is 1. The number of hydrogen-bond donors (Lipinski definition) is 3. The van der Waals surface area contributed by atoms with Crippen molar-refractivity contribution in [1.29, 1.82) is 0 Å². The van der Waals surface area contributed by atoms with Gasteiger partial charge in [0.15, 0.2) is 10.8 Å². The first kappa shape index (κ1) is 31.5. The van der Waals surface area contributed by atoms with Crippen LogP contribution in [0.3, 0.4) is 0 Å². The molecule has 2 aliphatic heterocycles. The Morgan fingerprint density at radius 1 is 1.30 bits per heavy atom. The fourth-order valence-corrected chi connectivity index (χ4v) is 6.02. The summed E-state index contributed by atoms with van der Waals surface area (Å²) in [6, 6.07) is 2.54. The number of anilines is 1. The number of nitrogens with one attached hydrogen (secondary N) is 1. The Bertz CT molecular complexity index is 1440. The number of nitrogens with zero attached hydrogens (tertiary/aromatic N) is 4. The van der Waals surface area contributed by atoms with Gasteiger partial charge in [-0.1, -0.05) is 43.1 Å². The van der Waals surface area contributed by atoms with E-state index in [0.717, 1.165) is 29.7 Å². The molecule has 0 radical (unpaired) electrons. The highest BCUT2D eigenvalue weighted by Crippen LogP contribution is 2.41. The van der Waals surface area contributed by atoms with Crippen LogP contribution in [0.4, 0.5) is 9.93 Å². The number of oxime groups is 1. The molecule has 228 valence electrons. The normalized spacial score (nSPS) is 19.0. The van der Waals surface area contributed by atoms with E-state index in [0.29, 0.717) is 12.0 Å². The Kier molecular flexibility index (Phi) is 10.7. The number of thiazole rings is 1. The van der Waals surface area contributed by atoms with E-state index in [4.69, 9.17) is 19.9 Å². The summed E-state index contributed by atoms with van der Waals surface area (Å²) in [5.41, 5.74) is 6.42. The topological polar surface area (TPSA) is 196 Å². The molecule has 2 aliphatic rings. The van der Waals surface area contributed by atoms with Gasteiger partial charge in [0.05, 0.1) is 6.61 Å². The molecule has 4 N–H and O–H groups in total. The molecule has 0 aliphatic carbocycles. The van der Waals surface area contributed by atoms with E-state index in [-0.39, 0.29) is 28.9 Å². The van der Waals surface area contributed by atoms with Crippen molar-refractivity contribution in [3.63, 3.8) is 0 Å². The number of ether oxygens (including phenoxy) is 3. The quantitative estimate of drug-likeness (QED) is 0.0591. The van der Waals surface area contributed by atoms with Gasteiger partial charge < -0.3 is 30.5 Å². The van der Waals surface area contributed by atoms with Crippen LogP contribution in [-0.2, 0) is 28.6 Å². The van der Waals surface area contributed by atoms with Crippen LogP contribution < -0.4 is 11.1 Å². The van der Waals surface area contributed by atoms with Crippen LogP contribution >= 0.6 is 23.1 Å². The number of fused-ring (bicyclic) bond motifs is 1. The van der Waals surface area contributed by atoms with Gasteiger partial charge >= 0.3 is 12.1 Å². The Hall–Kier alpha value is -4.44. The number of aromatic nitrogens is 2. The maximum Gasteiger partial charge on any atom is 0.511 e. The van der Waals surface area contributed by atoms with Crippen molar-refractivity contribution in [2.45, 2.75) is 50.8 Å². The first-order valence-electron chi connectivity index (χ1n) is 13.3. The third-order valence-electron chi connectivity index (χ3n) is 6.22. The number of esters is 1. The zero-order chi connectivity index (χ0) is 30.9. The molecule has 1 unspecified atom stereocenters. The summed E-state index contributed by atoms with van der Waals surface area (Å²) < 4.78 is 15.4. The van der Waals surface area contributed by atoms with Crippen molar-refractivity contribution >= 4 is 64.0 Å². The zero-order valence-corrected chi connectivity index (χ0v) is 24.9. The van der Waals surface area contributed by atoms with Crippen molar-refractivity contribution in [2.75, 3.05) is 18.1 Å². The summed E-state index contributed by atoms with van der Waals surface area (Å²) in [6.07, 6.45) is 6.89. The second kappa shape index (κ2) is 14.6. The number of unbranched alkanes of at least 4 members (excludes halogenated alkanes) is 2. The van der Waals surface area contributed by atoms with Crippen LogP contribution in [0.2, 0.25) is 0 Å². The summed E-state index contributed by atoms with van der Waals surface area (Å²) in [5, 5.41) is 15.9. The monoisotopic (exact) mass is 630 g/mol. The number of thioether (sulfide) groups is 1. The van der Waals surface area contributed by atoms with Crippen molar-refractivity contribution in [3.05, 3.63) is 58.5 Å². The number of carbonyl (C=O) groups is 4. The molecular weight excluding hydrogens is 600 g/mol. The Morgan fingerprint density at radius 2 is 2.12 bits per heavy atom. The minimum atomic E-state index is -1.31. The van der Waals surface area contributed by atoms with Gasteiger partial charge in [0.2, 0.25) is 6.29 Å². The molecule has 43 heavy (non-hydrogen) atoms. The minimum Gasteiger partial charge on any atom is -0.434 e. The standard InChI is InChI=1S/C27H30N6O8S2/c1-3-4-5-11-39-27(37)41-15(2)40-25(36)21-17(9-8-16-7-6-10-29-12-16)13-42-24-20(23(35)33(21)24)31-22(34)19(32-38)18-14-43-26(28)30-18/h6-10,12,14-15,20,24,38H,3-5,11,13H2,1-2H3,(H2,28,30)(H,31,34)/b9-8-,32-19?/t15?,20-,24-/m1/s1. The summed E-state index contributed by atoms with van der Waals surface area (Å²) in [7, 11) is 0. The minimum absolute atomic E-state index is 0.0484. The van der Waals surface area contributed by atoms with Gasteiger partial charge in [0, 0.05) is 30.5 Å². The van der Waals surface area contributed by atoms with Gasteiger partial charge in [0.25, 0.3) is 11.8 Å². The molecule has 16 heteroatoms. The van der Waals surface area contributed by atoms with Crippen molar-refractivity contribution < 1.29 is 38.6 Å². The Morgan fingerprint density at radius 3 is 2.79 bits per heavy atom. The van der Waals surface area contributed by atoms with Gasteiger partial charge in [-0.15, -0.1) is 23.1 Å². The smallest absolute Gasteiger partial charge is 0.434 e. The number of hydrogen-bond acceptors (Lipinski definition) is 14. The molecule has 0 bridgehead atoms. The fourth-order valence-electron chi connectivity index (χ4n) is 4.16. The Labute approximate surface area is 255 Å². The molecule has 14 nitrogen and oxygen atoms in total.